The molecule has 10 heavy (non-hydrogen) atoms. The molecule has 0 bridgehead atoms. The lowest BCUT2D eigenvalue weighted by Crippen LogP contribution is -2.23. The van der Waals surface area contributed by atoms with Crippen molar-refractivity contribution in [2.75, 3.05) is 12.8 Å². The molecule has 0 saturated carbocycles. The fourth-order valence-electron chi connectivity index (χ4n) is 0.351. The average Bonchev–Trinajstić information content (AvgIpc) is 1.60. The minimum atomic E-state index is -4.23. The van der Waals surface area contributed by atoms with Crippen molar-refractivity contribution in [2.24, 2.45) is 0 Å². The number of aliphatic hydroxyl groups is 1. The normalized spacial score (nSPS) is 13.7. The molecule has 3 N–H and O–H groups in total. The summed E-state index contributed by atoms with van der Waals surface area (Å²) in [6.07, 6.45) is -0.736. The molecule has 0 unspecified atom stereocenters. The van der Waals surface area contributed by atoms with Crippen LogP contribution in [-0.4, -0.2) is 32.0 Å². The van der Waals surface area contributed by atoms with Gasteiger partial charge in [0.05, 0.1) is 12.8 Å². The Morgan fingerprint density at radius 1 is 1.40 bits per heavy atom. The van der Waals surface area contributed by atoms with E-state index in [2.05, 4.69) is 0 Å². The predicted molar refractivity (Wildman–Crippen MR) is 38.4 cm³/mol. The minimum Gasteiger partial charge on any atom is -0.393 e. The summed E-state index contributed by atoms with van der Waals surface area (Å²) < 4.78 is 8.48. The molecule has 4 nitrogen and oxygen atoms in total. The Kier molecular flexibility index (Phi) is 3.62. The lowest BCUT2D eigenvalue weighted by atomic mass is 10.5. The van der Waals surface area contributed by atoms with Crippen molar-refractivity contribution in [1.29, 1.82) is 0 Å². The van der Waals surface area contributed by atoms with E-state index in [-0.39, 0.29) is 0 Å². The molecule has 0 amide bonds. The van der Waals surface area contributed by atoms with E-state index in [1.54, 1.807) is 0 Å². The van der Waals surface area contributed by atoms with E-state index in [9.17, 15) is 4.57 Å². The van der Waals surface area contributed by atoms with Crippen molar-refractivity contribution in [2.45, 2.75) is 4.33 Å². The molecule has 7 heteroatoms. The molecular weight excluding hydrogens is 202 g/mol. The molecule has 0 rings (SSSR count). The van der Waals surface area contributed by atoms with Crippen molar-refractivity contribution < 1.29 is 19.5 Å². The number of hydrogen-bond acceptors (Lipinski definition) is 2. The van der Waals surface area contributed by atoms with Crippen LogP contribution in [0.1, 0.15) is 0 Å². The Balaban J connectivity index is 4.02. The van der Waals surface area contributed by atoms with Crippen LogP contribution in [0.15, 0.2) is 0 Å². The average molecular weight is 209 g/mol. The highest BCUT2D eigenvalue weighted by molar-refractivity contribution is 7.52. The number of hydrogen-bond donors (Lipinski definition) is 3. The molecule has 0 atom stereocenters. The predicted octanol–water partition coefficient (Wildman–Crippen LogP) is 0.330. The molecule has 0 aromatic carbocycles. The minimum absolute atomic E-state index is 0.679. The smallest absolute Gasteiger partial charge is 0.328 e. The van der Waals surface area contributed by atoms with Gasteiger partial charge in [0.25, 0.3) is 0 Å². The second kappa shape index (κ2) is 3.39. The molecule has 0 aliphatic rings. The Bertz CT molecular complexity index is 153. The van der Waals surface area contributed by atoms with Gasteiger partial charge in [0, 0.05) is 0 Å². The van der Waals surface area contributed by atoms with E-state index in [1.807, 2.05) is 0 Å². The first-order chi connectivity index (χ1) is 4.27. The lowest BCUT2D eigenvalue weighted by Gasteiger charge is -2.16. The molecular formula is C3H7Cl2O4P. The molecule has 62 valence electrons. The van der Waals surface area contributed by atoms with Crippen LogP contribution in [0.3, 0.4) is 0 Å². The van der Waals surface area contributed by atoms with Crippen molar-refractivity contribution in [1.82, 2.24) is 0 Å². The van der Waals surface area contributed by atoms with Crippen molar-refractivity contribution in [3.63, 3.8) is 0 Å². The number of alkyl halides is 2. The van der Waals surface area contributed by atoms with Crippen LogP contribution >= 0.6 is 30.8 Å². The number of rotatable bonds is 3. The summed E-state index contributed by atoms with van der Waals surface area (Å²) in [5.74, 6) is 0. The molecule has 0 aromatic heterocycles. The van der Waals surface area contributed by atoms with Gasteiger partial charge in [0.1, 0.15) is 0 Å². The number of halogens is 2. The zero-order valence-electron chi connectivity index (χ0n) is 4.87. The third kappa shape index (κ3) is 5.47. The molecule has 0 saturated heterocycles. The maximum absolute atomic E-state index is 10.2. The monoisotopic (exact) mass is 208 g/mol. The van der Waals surface area contributed by atoms with Crippen LogP contribution in [0.2, 0.25) is 0 Å². The Morgan fingerprint density at radius 2 is 1.80 bits per heavy atom. The Labute approximate surface area is 67.9 Å². The van der Waals surface area contributed by atoms with Gasteiger partial charge in [0.15, 0.2) is 4.33 Å². The van der Waals surface area contributed by atoms with Crippen LogP contribution < -0.4 is 0 Å². The molecule has 0 aromatic rings. The van der Waals surface area contributed by atoms with Crippen LogP contribution in [-0.2, 0) is 4.57 Å². The fourth-order valence-corrected chi connectivity index (χ4v) is 1.99. The molecule has 0 heterocycles. The zero-order valence-corrected chi connectivity index (χ0v) is 7.27. The SMILES string of the molecule is O=P(O)(O)CC(Cl)(Cl)CO. The maximum atomic E-state index is 10.2. The Morgan fingerprint density at radius 3 is 1.90 bits per heavy atom. The highest BCUT2D eigenvalue weighted by atomic mass is 35.5. The third-order valence-corrected chi connectivity index (χ3v) is 2.50. The highest BCUT2D eigenvalue weighted by Gasteiger charge is 2.32. The van der Waals surface area contributed by atoms with Gasteiger partial charge in [-0.15, -0.1) is 0 Å². The first-order valence-corrected chi connectivity index (χ1v) is 4.85. The lowest BCUT2D eigenvalue weighted by molar-refractivity contribution is 0.279. The molecule has 0 spiro atoms. The van der Waals surface area contributed by atoms with Crippen LogP contribution in [0.5, 0.6) is 0 Å². The van der Waals surface area contributed by atoms with Gasteiger partial charge < -0.3 is 14.9 Å². The second-order valence-electron chi connectivity index (χ2n) is 1.84. The van der Waals surface area contributed by atoms with E-state index >= 15 is 0 Å². The number of aliphatic hydroxyl groups excluding tert-OH is 1. The van der Waals surface area contributed by atoms with Gasteiger partial charge in [-0.1, -0.05) is 23.2 Å². The van der Waals surface area contributed by atoms with Gasteiger partial charge in [0.2, 0.25) is 0 Å². The summed E-state index contributed by atoms with van der Waals surface area (Å²) in [5.41, 5.74) is 0. The van der Waals surface area contributed by atoms with Gasteiger partial charge in [-0.3, -0.25) is 4.57 Å². The van der Waals surface area contributed by atoms with Crippen molar-refractivity contribution >= 4 is 30.8 Å². The van der Waals surface area contributed by atoms with Crippen LogP contribution in [0.4, 0.5) is 0 Å². The largest absolute Gasteiger partial charge is 0.393 e. The van der Waals surface area contributed by atoms with E-state index in [0.717, 1.165) is 0 Å². The Hall–Kier alpha value is 0.690. The van der Waals surface area contributed by atoms with E-state index in [0.29, 0.717) is 0 Å². The van der Waals surface area contributed by atoms with E-state index in [1.165, 1.54) is 0 Å². The summed E-state index contributed by atoms with van der Waals surface area (Å²) in [6.45, 7) is -0.679. The van der Waals surface area contributed by atoms with E-state index < -0.39 is 24.7 Å². The van der Waals surface area contributed by atoms with Gasteiger partial charge in [-0.05, 0) is 0 Å². The fraction of sp³-hybridized carbons (Fsp3) is 1.00. The summed E-state index contributed by atoms with van der Waals surface area (Å²) >= 11 is 10.5. The van der Waals surface area contributed by atoms with Gasteiger partial charge in [-0.2, -0.15) is 0 Å². The molecule has 0 fully saturated rings. The molecule has 0 aliphatic carbocycles. The van der Waals surface area contributed by atoms with Crippen molar-refractivity contribution in [3.05, 3.63) is 0 Å². The highest BCUT2D eigenvalue weighted by Crippen LogP contribution is 2.42. The maximum Gasteiger partial charge on any atom is 0.328 e. The van der Waals surface area contributed by atoms with Gasteiger partial charge in [-0.25, -0.2) is 0 Å². The second-order valence-corrected chi connectivity index (χ2v) is 5.12. The first kappa shape index (κ1) is 10.7. The van der Waals surface area contributed by atoms with Crippen LogP contribution in [0.25, 0.3) is 0 Å². The first-order valence-electron chi connectivity index (χ1n) is 2.30. The van der Waals surface area contributed by atoms with Gasteiger partial charge >= 0.3 is 7.60 Å². The third-order valence-electron chi connectivity index (χ3n) is 0.669. The van der Waals surface area contributed by atoms with Crippen LogP contribution in [0, 0.1) is 0 Å². The standard InChI is InChI=1S/C3H7Cl2O4P/c4-3(5,1-6)2-10(7,8)9/h6H,1-2H2,(H2,7,8,9). The molecule has 0 radical (unpaired) electrons. The zero-order chi connectivity index (χ0) is 8.41. The molecule has 0 aliphatic heterocycles. The van der Waals surface area contributed by atoms with Crippen molar-refractivity contribution in [3.8, 4) is 0 Å². The quantitative estimate of drug-likeness (QED) is 0.462. The topological polar surface area (TPSA) is 77.8 Å². The summed E-state index contributed by atoms with van der Waals surface area (Å²) in [4.78, 5) is 16.6. The summed E-state index contributed by atoms with van der Waals surface area (Å²) in [7, 11) is -4.23. The van der Waals surface area contributed by atoms with E-state index in [4.69, 9.17) is 38.1 Å². The summed E-state index contributed by atoms with van der Waals surface area (Å²) in [6, 6.07) is 0. The summed E-state index contributed by atoms with van der Waals surface area (Å²) in [5, 5.41) is 8.35.